The van der Waals surface area contributed by atoms with Gasteiger partial charge in [-0.05, 0) is 24.3 Å². The maximum Gasteiger partial charge on any atom is 0.355 e. The number of esters is 1. The SMILES string of the molecule is Cn1c(/C(C#N)=C(\O)COC(=O)c2cc3ccccc3[nH]2)nc2ccccc21. The van der Waals surface area contributed by atoms with Crippen LogP contribution in [0.25, 0.3) is 27.5 Å². The van der Waals surface area contributed by atoms with E-state index < -0.39 is 12.6 Å². The second-order valence-electron chi connectivity index (χ2n) is 6.26. The molecule has 2 heterocycles. The number of aromatic amines is 1. The van der Waals surface area contributed by atoms with Crippen molar-refractivity contribution in [1.82, 2.24) is 14.5 Å². The lowest BCUT2D eigenvalue weighted by Crippen LogP contribution is -2.10. The molecule has 28 heavy (non-hydrogen) atoms. The summed E-state index contributed by atoms with van der Waals surface area (Å²) in [6, 6.07) is 18.5. The molecular formula is C21H16N4O3. The Hall–Kier alpha value is -4.05. The van der Waals surface area contributed by atoms with Crippen LogP contribution in [0.1, 0.15) is 16.3 Å². The van der Waals surface area contributed by atoms with Crippen molar-refractivity contribution in [3.63, 3.8) is 0 Å². The molecule has 7 heteroatoms. The number of ether oxygens (including phenoxy) is 1. The molecule has 4 aromatic rings. The van der Waals surface area contributed by atoms with Crippen LogP contribution in [-0.2, 0) is 11.8 Å². The van der Waals surface area contributed by atoms with Crippen LogP contribution in [0.5, 0.6) is 0 Å². The van der Waals surface area contributed by atoms with Gasteiger partial charge in [0.1, 0.15) is 23.9 Å². The number of para-hydroxylation sites is 3. The van der Waals surface area contributed by atoms with Crippen molar-refractivity contribution >= 4 is 33.5 Å². The van der Waals surface area contributed by atoms with E-state index in [1.165, 1.54) is 0 Å². The number of H-pyrrole nitrogens is 1. The predicted octanol–water partition coefficient (Wildman–Crippen LogP) is 3.70. The van der Waals surface area contributed by atoms with Crippen molar-refractivity contribution in [3.05, 3.63) is 71.9 Å². The van der Waals surface area contributed by atoms with Gasteiger partial charge in [-0.1, -0.05) is 30.3 Å². The summed E-state index contributed by atoms with van der Waals surface area (Å²) in [5.74, 6) is -0.668. The average Bonchev–Trinajstić information content (AvgIpc) is 3.29. The number of nitrogens with one attached hydrogen (secondary N) is 1. The zero-order valence-corrected chi connectivity index (χ0v) is 15.0. The van der Waals surface area contributed by atoms with Gasteiger partial charge >= 0.3 is 5.97 Å². The molecule has 0 saturated heterocycles. The number of allylic oxidation sites excluding steroid dienone is 1. The summed E-state index contributed by atoms with van der Waals surface area (Å²) in [7, 11) is 1.76. The molecule has 0 spiro atoms. The normalized spacial score (nSPS) is 12.0. The fraction of sp³-hybridized carbons (Fsp3) is 0.0952. The average molecular weight is 372 g/mol. The van der Waals surface area contributed by atoms with E-state index in [1.54, 1.807) is 17.7 Å². The third-order valence-electron chi connectivity index (χ3n) is 4.50. The fourth-order valence-electron chi connectivity index (χ4n) is 3.08. The molecule has 7 nitrogen and oxygen atoms in total. The number of benzene rings is 2. The minimum atomic E-state index is -0.620. The van der Waals surface area contributed by atoms with Crippen molar-refractivity contribution in [3.8, 4) is 6.07 Å². The largest absolute Gasteiger partial charge is 0.507 e. The molecule has 0 fully saturated rings. The number of hydrogen-bond donors (Lipinski definition) is 2. The van der Waals surface area contributed by atoms with Gasteiger partial charge in [0.25, 0.3) is 0 Å². The molecule has 0 aliphatic rings. The fourth-order valence-corrected chi connectivity index (χ4v) is 3.08. The minimum Gasteiger partial charge on any atom is -0.507 e. The lowest BCUT2D eigenvalue weighted by Gasteiger charge is -2.06. The molecular weight excluding hydrogens is 356 g/mol. The van der Waals surface area contributed by atoms with Gasteiger partial charge in [-0.25, -0.2) is 9.78 Å². The Morgan fingerprint density at radius 1 is 1.25 bits per heavy atom. The number of hydrogen-bond acceptors (Lipinski definition) is 5. The number of rotatable bonds is 4. The van der Waals surface area contributed by atoms with Gasteiger partial charge in [0.15, 0.2) is 11.6 Å². The van der Waals surface area contributed by atoms with Gasteiger partial charge in [-0.3, -0.25) is 0 Å². The van der Waals surface area contributed by atoms with Crippen molar-refractivity contribution in [2.45, 2.75) is 0 Å². The van der Waals surface area contributed by atoms with Crippen LogP contribution in [0.2, 0.25) is 0 Å². The lowest BCUT2D eigenvalue weighted by atomic mass is 10.2. The first-order valence-electron chi connectivity index (χ1n) is 8.57. The van der Waals surface area contributed by atoms with Crippen LogP contribution in [0.3, 0.4) is 0 Å². The second-order valence-corrected chi connectivity index (χ2v) is 6.26. The van der Waals surface area contributed by atoms with Gasteiger partial charge < -0.3 is 19.4 Å². The number of imidazole rings is 1. The Kier molecular flexibility index (Phi) is 4.30. The topological polar surface area (TPSA) is 104 Å². The Morgan fingerprint density at radius 3 is 2.75 bits per heavy atom. The first-order chi connectivity index (χ1) is 13.6. The minimum absolute atomic E-state index is 0.0388. The van der Waals surface area contributed by atoms with Crippen molar-refractivity contribution < 1.29 is 14.6 Å². The molecule has 0 saturated carbocycles. The molecule has 0 bridgehead atoms. The van der Waals surface area contributed by atoms with Crippen LogP contribution in [0.4, 0.5) is 0 Å². The van der Waals surface area contributed by atoms with Crippen LogP contribution in [0.15, 0.2) is 60.4 Å². The quantitative estimate of drug-likeness (QED) is 0.323. The molecule has 0 aliphatic heterocycles. The number of aromatic nitrogens is 3. The zero-order valence-electron chi connectivity index (χ0n) is 15.0. The van der Waals surface area contributed by atoms with Gasteiger partial charge in [-0.2, -0.15) is 5.26 Å². The first-order valence-corrected chi connectivity index (χ1v) is 8.57. The maximum absolute atomic E-state index is 12.3. The molecule has 0 unspecified atom stereocenters. The summed E-state index contributed by atoms with van der Waals surface area (Å²) in [5.41, 5.74) is 2.58. The maximum atomic E-state index is 12.3. The van der Waals surface area contributed by atoms with Crippen molar-refractivity contribution in [2.24, 2.45) is 7.05 Å². The lowest BCUT2D eigenvalue weighted by molar-refractivity contribution is 0.0497. The Labute approximate surface area is 160 Å². The van der Waals surface area contributed by atoms with E-state index in [-0.39, 0.29) is 17.0 Å². The molecule has 0 aliphatic carbocycles. The zero-order chi connectivity index (χ0) is 19.7. The highest BCUT2D eigenvalue weighted by Crippen LogP contribution is 2.22. The van der Waals surface area contributed by atoms with Gasteiger partial charge in [0.2, 0.25) is 0 Å². The van der Waals surface area contributed by atoms with Gasteiger partial charge in [0, 0.05) is 18.0 Å². The Bertz CT molecular complexity index is 1240. The highest BCUT2D eigenvalue weighted by molar-refractivity contribution is 5.95. The van der Waals surface area contributed by atoms with E-state index in [2.05, 4.69) is 9.97 Å². The van der Waals surface area contributed by atoms with Crippen molar-refractivity contribution in [1.29, 1.82) is 5.26 Å². The standard InChI is InChI=1S/C21H16N4O3/c1-25-18-9-5-4-8-16(18)24-20(25)14(11-22)19(26)12-28-21(27)17-10-13-6-2-3-7-15(13)23-17/h2-10,23,26H,12H2,1H3/b19-14-. The molecule has 2 aromatic carbocycles. The third kappa shape index (κ3) is 2.97. The number of nitrogens with zero attached hydrogens (tertiary/aromatic N) is 3. The van der Waals surface area contributed by atoms with Crippen LogP contribution in [0, 0.1) is 11.3 Å². The summed E-state index contributed by atoms with van der Waals surface area (Å²) < 4.78 is 6.88. The number of nitriles is 1. The molecule has 2 aromatic heterocycles. The summed E-state index contributed by atoms with van der Waals surface area (Å²) in [6.07, 6.45) is 0. The van der Waals surface area contributed by atoms with Crippen LogP contribution in [-0.4, -0.2) is 32.2 Å². The number of aliphatic hydroxyl groups excluding tert-OH is 1. The molecule has 0 radical (unpaired) electrons. The Morgan fingerprint density at radius 2 is 2.00 bits per heavy atom. The Balaban J connectivity index is 1.58. The molecule has 138 valence electrons. The summed E-state index contributed by atoms with van der Waals surface area (Å²) in [4.78, 5) is 19.6. The number of aryl methyl sites for hydroxylation is 1. The summed E-state index contributed by atoms with van der Waals surface area (Å²) >= 11 is 0. The van der Waals surface area contributed by atoms with Gasteiger partial charge in [-0.15, -0.1) is 0 Å². The molecule has 4 rings (SSSR count). The molecule has 0 amide bonds. The van der Waals surface area contributed by atoms with Gasteiger partial charge in [0.05, 0.1) is 11.0 Å². The number of carbonyl (C=O) groups excluding carboxylic acids is 1. The number of aliphatic hydroxyl groups is 1. The van der Waals surface area contributed by atoms with E-state index in [4.69, 9.17) is 4.74 Å². The van der Waals surface area contributed by atoms with E-state index in [9.17, 15) is 15.2 Å². The molecule has 0 atom stereocenters. The molecule has 2 N–H and O–H groups in total. The summed E-state index contributed by atoms with van der Waals surface area (Å²) in [5, 5.41) is 20.8. The third-order valence-corrected chi connectivity index (χ3v) is 4.50. The first kappa shape index (κ1) is 17.4. The number of fused-ring (bicyclic) bond motifs is 2. The summed E-state index contributed by atoms with van der Waals surface area (Å²) in [6.45, 7) is -0.430. The van der Waals surface area contributed by atoms with Crippen LogP contribution < -0.4 is 0 Å². The number of carbonyl (C=O) groups is 1. The van der Waals surface area contributed by atoms with E-state index in [1.807, 2.05) is 54.6 Å². The van der Waals surface area contributed by atoms with E-state index in [0.29, 0.717) is 11.3 Å². The smallest absolute Gasteiger partial charge is 0.355 e. The van der Waals surface area contributed by atoms with E-state index in [0.717, 1.165) is 16.4 Å². The monoisotopic (exact) mass is 372 g/mol. The highest BCUT2D eigenvalue weighted by atomic mass is 16.5. The van der Waals surface area contributed by atoms with Crippen LogP contribution >= 0.6 is 0 Å². The predicted molar refractivity (Wildman–Crippen MR) is 104 cm³/mol. The van der Waals surface area contributed by atoms with Crippen molar-refractivity contribution in [2.75, 3.05) is 6.61 Å². The second kappa shape index (κ2) is 6.93. The highest BCUT2D eigenvalue weighted by Gasteiger charge is 2.18. The van der Waals surface area contributed by atoms with E-state index >= 15 is 0 Å².